The Labute approximate surface area is 180 Å². The Morgan fingerprint density at radius 1 is 1.35 bits per heavy atom. The number of aliphatic hydroxyl groups excluding tert-OH is 1. The quantitative estimate of drug-likeness (QED) is 0.461. The Hall–Kier alpha value is -3.33. The summed E-state index contributed by atoms with van der Waals surface area (Å²) in [5.74, 6) is 1.82. The summed E-state index contributed by atoms with van der Waals surface area (Å²) in [7, 11) is 1.79. The van der Waals surface area contributed by atoms with Crippen LogP contribution in [0.4, 0.5) is 17.3 Å². The van der Waals surface area contributed by atoms with Crippen LogP contribution < -0.4 is 20.7 Å². The SMILES string of the molecule is CNc1cc(Nc2cccc3c2OCCC3)nc2c(C(=O)NCC(C)(C)CO)cnn12. The van der Waals surface area contributed by atoms with Gasteiger partial charge in [0, 0.05) is 31.7 Å². The van der Waals surface area contributed by atoms with Crippen LogP contribution in [0.1, 0.15) is 36.2 Å². The molecular formula is C22H28N6O3. The van der Waals surface area contributed by atoms with Crippen LogP contribution in [0.3, 0.4) is 0 Å². The zero-order valence-electron chi connectivity index (χ0n) is 18.0. The first kappa shape index (κ1) is 20.9. The smallest absolute Gasteiger partial charge is 0.256 e. The number of amides is 1. The number of nitrogens with zero attached hydrogens (tertiary/aromatic N) is 3. The first-order chi connectivity index (χ1) is 14.9. The fraction of sp³-hybridized carbons (Fsp3) is 0.409. The summed E-state index contributed by atoms with van der Waals surface area (Å²) in [4.78, 5) is 17.5. The molecule has 164 valence electrons. The van der Waals surface area contributed by atoms with Crippen molar-refractivity contribution < 1.29 is 14.6 Å². The van der Waals surface area contributed by atoms with E-state index >= 15 is 0 Å². The van der Waals surface area contributed by atoms with E-state index in [1.807, 2.05) is 32.0 Å². The number of aromatic nitrogens is 3. The molecule has 0 atom stereocenters. The molecule has 0 spiro atoms. The van der Waals surface area contributed by atoms with Crippen molar-refractivity contribution in [2.45, 2.75) is 26.7 Å². The maximum atomic E-state index is 12.8. The summed E-state index contributed by atoms with van der Waals surface area (Å²) in [5, 5.41) is 23.1. The lowest BCUT2D eigenvalue weighted by molar-refractivity contribution is 0.0912. The Bertz CT molecular complexity index is 1110. The maximum absolute atomic E-state index is 12.8. The largest absolute Gasteiger partial charge is 0.491 e. The molecule has 9 nitrogen and oxygen atoms in total. The van der Waals surface area contributed by atoms with Crippen molar-refractivity contribution in [2.24, 2.45) is 5.41 Å². The fourth-order valence-corrected chi connectivity index (χ4v) is 3.46. The van der Waals surface area contributed by atoms with Gasteiger partial charge in [-0.25, -0.2) is 4.98 Å². The van der Waals surface area contributed by atoms with Crippen LogP contribution in [0, 0.1) is 5.41 Å². The molecule has 1 aliphatic rings. The number of carbonyl (C=O) groups excluding carboxylic acids is 1. The van der Waals surface area contributed by atoms with Gasteiger partial charge in [0.05, 0.1) is 18.5 Å². The summed E-state index contributed by atoms with van der Waals surface area (Å²) < 4.78 is 7.48. The molecule has 9 heteroatoms. The summed E-state index contributed by atoms with van der Waals surface area (Å²) in [6.45, 7) is 4.76. The number of nitrogens with one attached hydrogen (secondary N) is 3. The normalized spacial score (nSPS) is 13.4. The van der Waals surface area contributed by atoms with Gasteiger partial charge in [-0.15, -0.1) is 0 Å². The second-order valence-electron chi connectivity index (χ2n) is 8.45. The first-order valence-electron chi connectivity index (χ1n) is 10.4. The number of aliphatic hydroxyl groups is 1. The van der Waals surface area contributed by atoms with E-state index in [0.29, 0.717) is 36.0 Å². The molecule has 0 saturated carbocycles. The average Bonchev–Trinajstić information content (AvgIpc) is 3.21. The molecule has 0 saturated heterocycles. The summed E-state index contributed by atoms with van der Waals surface area (Å²) >= 11 is 0. The molecule has 31 heavy (non-hydrogen) atoms. The average molecular weight is 425 g/mol. The zero-order chi connectivity index (χ0) is 22.0. The van der Waals surface area contributed by atoms with Crippen molar-refractivity contribution in [1.29, 1.82) is 0 Å². The summed E-state index contributed by atoms with van der Waals surface area (Å²) in [5.41, 5.74) is 2.38. The lowest BCUT2D eigenvalue weighted by atomic mass is 9.95. The molecule has 4 rings (SSSR count). The summed E-state index contributed by atoms with van der Waals surface area (Å²) in [6, 6.07) is 7.85. The number of benzene rings is 1. The molecule has 0 fully saturated rings. The van der Waals surface area contributed by atoms with E-state index in [4.69, 9.17) is 4.74 Å². The molecule has 1 aliphatic heterocycles. The minimum absolute atomic E-state index is 0.0261. The Morgan fingerprint density at radius 2 is 2.19 bits per heavy atom. The van der Waals surface area contributed by atoms with E-state index < -0.39 is 5.41 Å². The van der Waals surface area contributed by atoms with E-state index in [9.17, 15) is 9.90 Å². The number of anilines is 3. The van der Waals surface area contributed by atoms with E-state index in [1.165, 1.54) is 11.8 Å². The number of rotatable bonds is 7. The van der Waals surface area contributed by atoms with Crippen molar-refractivity contribution in [1.82, 2.24) is 19.9 Å². The van der Waals surface area contributed by atoms with Crippen molar-refractivity contribution in [2.75, 3.05) is 37.4 Å². The van der Waals surface area contributed by atoms with Crippen LogP contribution in [0.2, 0.25) is 0 Å². The highest BCUT2D eigenvalue weighted by Gasteiger charge is 2.22. The monoisotopic (exact) mass is 424 g/mol. The van der Waals surface area contributed by atoms with Gasteiger partial charge in [-0.05, 0) is 24.5 Å². The number of aryl methyl sites for hydroxylation is 1. The van der Waals surface area contributed by atoms with Gasteiger partial charge in [0.1, 0.15) is 22.9 Å². The minimum Gasteiger partial charge on any atom is -0.491 e. The number of hydrogen-bond donors (Lipinski definition) is 4. The minimum atomic E-state index is -0.415. The lowest BCUT2D eigenvalue weighted by Crippen LogP contribution is -2.36. The van der Waals surface area contributed by atoms with Gasteiger partial charge in [-0.1, -0.05) is 26.0 Å². The Balaban J connectivity index is 1.67. The van der Waals surface area contributed by atoms with Gasteiger partial charge >= 0.3 is 0 Å². The van der Waals surface area contributed by atoms with Crippen molar-refractivity contribution in [3.8, 4) is 5.75 Å². The van der Waals surface area contributed by atoms with Crippen molar-refractivity contribution in [3.63, 3.8) is 0 Å². The molecule has 4 N–H and O–H groups in total. The highest BCUT2D eigenvalue weighted by molar-refractivity contribution is 6.00. The fourth-order valence-electron chi connectivity index (χ4n) is 3.46. The standard InChI is InChI=1S/C22H28N6O3/c1-22(2,13-29)12-24-21(30)15-11-25-28-18(23-3)10-17(27-20(15)28)26-16-8-4-6-14-7-5-9-31-19(14)16/h4,6,8,10-11,23,29H,5,7,9,12-13H2,1-3H3,(H,24,30)(H,26,27). The summed E-state index contributed by atoms with van der Waals surface area (Å²) in [6.07, 6.45) is 3.49. The topological polar surface area (TPSA) is 113 Å². The highest BCUT2D eigenvalue weighted by atomic mass is 16.5. The molecule has 3 aromatic rings. The Kier molecular flexibility index (Phi) is 5.69. The maximum Gasteiger partial charge on any atom is 0.256 e. The number of para-hydroxylation sites is 1. The van der Waals surface area contributed by atoms with Gasteiger partial charge < -0.3 is 25.8 Å². The number of fused-ring (bicyclic) bond motifs is 2. The van der Waals surface area contributed by atoms with Crippen molar-refractivity contribution in [3.05, 3.63) is 41.6 Å². The van der Waals surface area contributed by atoms with Gasteiger partial charge in [-0.2, -0.15) is 9.61 Å². The predicted octanol–water partition coefficient (Wildman–Crippen LogP) is 2.59. The Morgan fingerprint density at radius 3 is 2.97 bits per heavy atom. The van der Waals surface area contributed by atoms with Crippen LogP contribution in [0.5, 0.6) is 5.75 Å². The van der Waals surface area contributed by atoms with E-state index in [0.717, 1.165) is 24.3 Å². The number of ether oxygens (including phenoxy) is 1. The van der Waals surface area contributed by atoms with Crippen molar-refractivity contribution >= 4 is 28.9 Å². The molecule has 1 aromatic carbocycles. The van der Waals surface area contributed by atoms with Gasteiger partial charge in [0.2, 0.25) is 0 Å². The molecule has 0 radical (unpaired) electrons. The molecule has 0 unspecified atom stereocenters. The molecule has 0 bridgehead atoms. The molecule has 3 heterocycles. The second kappa shape index (κ2) is 8.43. The van der Waals surface area contributed by atoms with Crippen LogP contribution in [-0.2, 0) is 6.42 Å². The molecular weight excluding hydrogens is 396 g/mol. The predicted molar refractivity (Wildman–Crippen MR) is 119 cm³/mol. The third kappa shape index (κ3) is 4.27. The van der Waals surface area contributed by atoms with Gasteiger partial charge in [0.25, 0.3) is 5.91 Å². The molecule has 0 aliphatic carbocycles. The van der Waals surface area contributed by atoms with Crippen LogP contribution in [0.25, 0.3) is 5.65 Å². The van der Waals surface area contributed by atoms with E-state index in [1.54, 1.807) is 11.6 Å². The molecule has 1 amide bonds. The zero-order valence-corrected chi connectivity index (χ0v) is 18.0. The first-order valence-corrected chi connectivity index (χ1v) is 10.4. The third-order valence-electron chi connectivity index (χ3n) is 5.32. The van der Waals surface area contributed by atoms with Crippen LogP contribution in [-0.4, -0.2) is 52.4 Å². The van der Waals surface area contributed by atoms with Crippen LogP contribution >= 0.6 is 0 Å². The van der Waals surface area contributed by atoms with Gasteiger partial charge in [-0.3, -0.25) is 4.79 Å². The lowest BCUT2D eigenvalue weighted by Gasteiger charge is -2.21. The van der Waals surface area contributed by atoms with Gasteiger partial charge in [0.15, 0.2) is 5.65 Å². The third-order valence-corrected chi connectivity index (χ3v) is 5.32. The van der Waals surface area contributed by atoms with E-state index in [-0.39, 0.29) is 12.5 Å². The molecule has 2 aromatic heterocycles. The second-order valence-corrected chi connectivity index (χ2v) is 8.45. The number of hydrogen-bond acceptors (Lipinski definition) is 7. The highest BCUT2D eigenvalue weighted by Crippen LogP contribution is 2.35. The number of carbonyl (C=O) groups is 1. The van der Waals surface area contributed by atoms with E-state index in [2.05, 4.69) is 32.1 Å². The van der Waals surface area contributed by atoms with Crippen LogP contribution in [0.15, 0.2) is 30.5 Å².